The van der Waals surface area contributed by atoms with E-state index in [2.05, 4.69) is 31.2 Å². The van der Waals surface area contributed by atoms with Crippen molar-refractivity contribution in [3.63, 3.8) is 0 Å². The first-order valence-corrected chi connectivity index (χ1v) is 6.33. The van der Waals surface area contributed by atoms with E-state index in [4.69, 9.17) is 4.98 Å². The van der Waals surface area contributed by atoms with Gasteiger partial charge in [-0.15, -0.1) is 0 Å². The van der Waals surface area contributed by atoms with Crippen LogP contribution in [0.3, 0.4) is 0 Å². The molecule has 4 rings (SSSR count). The van der Waals surface area contributed by atoms with Gasteiger partial charge in [0.05, 0.1) is 23.4 Å². The summed E-state index contributed by atoms with van der Waals surface area (Å²) in [5.74, 6) is 0. The van der Waals surface area contributed by atoms with Gasteiger partial charge in [0.1, 0.15) is 0 Å². The third kappa shape index (κ3) is 1.45. The van der Waals surface area contributed by atoms with Crippen LogP contribution in [0.5, 0.6) is 0 Å². The van der Waals surface area contributed by atoms with Crippen molar-refractivity contribution in [1.29, 1.82) is 0 Å². The highest BCUT2D eigenvalue weighted by molar-refractivity contribution is 5.84. The predicted molar refractivity (Wildman–Crippen MR) is 75.3 cm³/mol. The molecule has 3 aromatic rings. The van der Waals surface area contributed by atoms with E-state index in [1.54, 1.807) is 16.7 Å². The molecule has 0 radical (unpaired) electrons. The van der Waals surface area contributed by atoms with Crippen LogP contribution in [0.4, 0.5) is 0 Å². The molecule has 3 heteroatoms. The minimum Gasteiger partial charge on any atom is -0.302 e. The van der Waals surface area contributed by atoms with Crippen molar-refractivity contribution in [3.05, 3.63) is 63.9 Å². The van der Waals surface area contributed by atoms with Gasteiger partial charge >= 0.3 is 0 Å². The highest BCUT2D eigenvalue weighted by atomic mass is 16.1. The van der Waals surface area contributed by atoms with Crippen molar-refractivity contribution < 1.29 is 0 Å². The first-order valence-electron chi connectivity index (χ1n) is 6.33. The summed E-state index contributed by atoms with van der Waals surface area (Å²) < 4.78 is 1.78. The molecular weight excluding hydrogens is 236 g/mol. The second kappa shape index (κ2) is 3.54. The van der Waals surface area contributed by atoms with E-state index >= 15 is 0 Å². The maximum atomic E-state index is 11.9. The monoisotopic (exact) mass is 248 g/mol. The van der Waals surface area contributed by atoms with Crippen molar-refractivity contribution in [2.75, 3.05) is 0 Å². The zero-order valence-corrected chi connectivity index (χ0v) is 10.6. The van der Waals surface area contributed by atoms with Crippen LogP contribution >= 0.6 is 0 Å². The summed E-state index contributed by atoms with van der Waals surface area (Å²) in [6.07, 6.45) is 0. The van der Waals surface area contributed by atoms with Gasteiger partial charge < -0.3 is 4.57 Å². The molecule has 0 amide bonds. The molecular formula is C16H12N2O. The van der Waals surface area contributed by atoms with E-state index in [0.717, 1.165) is 27.9 Å². The fourth-order valence-electron chi connectivity index (χ4n) is 2.72. The van der Waals surface area contributed by atoms with Gasteiger partial charge in [0.15, 0.2) is 0 Å². The number of benzene rings is 1. The lowest BCUT2D eigenvalue weighted by molar-refractivity contribution is 0.804. The molecule has 0 bridgehead atoms. The van der Waals surface area contributed by atoms with Gasteiger partial charge in [-0.25, -0.2) is 4.98 Å². The van der Waals surface area contributed by atoms with E-state index < -0.39 is 0 Å². The fraction of sp³-hybridized carbons (Fsp3) is 0.125. The number of pyridine rings is 2. The maximum absolute atomic E-state index is 11.9. The molecule has 19 heavy (non-hydrogen) atoms. The van der Waals surface area contributed by atoms with Gasteiger partial charge in [-0.3, -0.25) is 4.79 Å². The third-order valence-electron chi connectivity index (χ3n) is 3.67. The van der Waals surface area contributed by atoms with Crippen LogP contribution in [0.1, 0.15) is 11.1 Å². The Kier molecular flexibility index (Phi) is 1.96. The van der Waals surface area contributed by atoms with Gasteiger partial charge in [0.2, 0.25) is 0 Å². The molecule has 3 heterocycles. The summed E-state index contributed by atoms with van der Waals surface area (Å²) in [5, 5.41) is 1.13. The summed E-state index contributed by atoms with van der Waals surface area (Å²) in [4.78, 5) is 16.6. The molecule has 1 aliphatic heterocycles. The molecule has 0 fully saturated rings. The molecule has 0 atom stereocenters. The van der Waals surface area contributed by atoms with Gasteiger partial charge in [-0.1, -0.05) is 18.2 Å². The number of fused-ring (bicyclic) bond motifs is 4. The molecule has 0 saturated heterocycles. The quantitative estimate of drug-likeness (QED) is 0.479. The molecule has 1 aliphatic rings. The SMILES string of the molecule is Cc1ccc2cc3c(nc2c1)-c1cccc(=O)n1C3. The Morgan fingerprint density at radius 1 is 1.16 bits per heavy atom. The Morgan fingerprint density at radius 3 is 2.95 bits per heavy atom. The van der Waals surface area contributed by atoms with Crippen molar-refractivity contribution in [2.24, 2.45) is 0 Å². The van der Waals surface area contributed by atoms with E-state index in [1.807, 2.05) is 6.07 Å². The molecule has 0 saturated carbocycles. The molecule has 0 N–H and O–H groups in total. The lowest BCUT2D eigenvalue weighted by Crippen LogP contribution is -2.16. The van der Waals surface area contributed by atoms with Crippen LogP contribution in [-0.4, -0.2) is 9.55 Å². The van der Waals surface area contributed by atoms with Crippen LogP contribution in [-0.2, 0) is 6.54 Å². The van der Waals surface area contributed by atoms with E-state index in [0.29, 0.717) is 6.54 Å². The fourth-order valence-corrected chi connectivity index (χ4v) is 2.72. The Morgan fingerprint density at radius 2 is 2.05 bits per heavy atom. The zero-order chi connectivity index (χ0) is 13.0. The maximum Gasteiger partial charge on any atom is 0.251 e. The Labute approximate surface area is 110 Å². The van der Waals surface area contributed by atoms with Crippen molar-refractivity contribution in [3.8, 4) is 11.4 Å². The average molecular weight is 248 g/mol. The summed E-state index contributed by atoms with van der Waals surface area (Å²) in [6, 6.07) is 13.8. The Bertz CT molecular complexity index is 878. The van der Waals surface area contributed by atoms with Crippen molar-refractivity contribution in [1.82, 2.24) is 9.55 Å². The number of aromatic nitrogens is 2. The molecule has 0 spiro atoms. The zero-order valence-electron chi connectivity index (χ0n) is 10.6. The van der Waals surface area contributed by atoms with Crippen molar-refractivity contribution in [2.45, 2.75) is 13.5 Å². The average Bonchev–Trinajstić information content (AvgIpc) is 2.76. The minimum atomic E-state index is 0.0377. The Balaban J connectivity index is 2.07. The smallest absolute Gasteiger partial charge is 0.251 e. The van der Waals surface area contributed by atoms with Gasteiger partial charge in [0, 0.05) is 17.0 Å². The molecule has 0 unspecified atom stereocenters. The molecule has 1 aromatic carbocycles. The molecule has 2 aromatic heterocycles. The first-order chi connectivity index (χ1) is 9.22. The van der Waals surface area contributed by atoms with E-state index in [1.165, 1.54) is 5.56 Å². The van der Waals surface area contributed by atoms with Crippen LogP contribution in [0.15, 0.2) is 47.3 Å². The lowest BCUT2D eigenvalue weighted by atomic mass is 10.1. The largest absolute Gasteiger partial charge is 0.302 e. The summed E-state index contributed by atoms with van der Waals surface area (Å²) in [7, 11) is 0. The van der Waals surface area contributed by atoms with Gasteiger partial charge in [0.25, 0.3) is 5.56 Å². The second-order valence-corrected chi connectivity index (χ2v) is 5.03. The highest BCUT2D eigenvalue weighted by Crippen LogP contribution is 2.31. The second-order valence-electron chi connectivity index (χ2n) is 5.03. The van der Waals surface area contributed by atoms with Gasteiger partial charge in [-0.05, 0) is 30.7 Å². The summed E-state index contributed by atoms with van der Waals surface area (Å²) in [5.41, 5.74) is 5.21. The third-order valence-corrected chi connectivity index (χ3v) is 3.67. The van der Waals surface area contributed by atoms with E-state index in [9.17, 15) is 4.79 Å². The number of rotatable bonds is 0. The Hall–Kier alpha value is -2.42. The molecule has 0 aliphatic carbocycles. The minimum absolute atomic E-state index is 0.0377. The topological polar surface area (TPSA) is 34.9 Å². The molecule has 92 valence electrons. The standard InChI is InChI=1S/C16H12N2O/c1-10-5-6-11-8-12-9-18-14(3-2-4-15(18)19)16(12)17-13(11)7-10/h2-8H,9H2,1H3. The first kappa shape index (κ1) is 10.5. The van der Waals surface area contributed by atoms with E-state index in [-0.39, 0.29) is 5.56 Å². The number of hydrogen-bond acceptors (Lipinski definition) is 2. The highest BCUT2D eigenvalue weighted by Gasteiger charge is 2.20. The number of nitrogens with zero attached hydrogens (tertiary/aromatic N) is 2. The van der Waals surface area contributed by atoms with Crippen LogP contribution in [0.25, 0.3) is 22.3 Å². The summed E-state index contributed by atoms with van der Waals surface area (Å²) >= 11 is 0. The lowest BCUT2D eigenvalue weighted by Gasteiger charge is -2.03. The number of aryl methyl sites for hydroxylation is 1. The van der Waals surface area contributed by atoms with Crippen LogP contribution in [0.2, 0.25) is 0 Å². The van der Waals surface area contributed by atoms with Gasteiger partial charge in [-0.2, -0.15) is 0 Å². The molecule has 3 nitrogen and oxygen atoms in total. The van der Waals surface area contributed by atoms with Crippen LogP contribution in [0, 0.1) is 6.92 Å². The predicted octanol–water partition coefficient (Wildman–Crippen LogP) is 2.73. The normalized spacial score (nSPS) is 12.5. The van der Waals surface area contributed by atoms with Crippen LogP contribution < -0.4 is 5.56 Å². The number of hydrogen-bond donors (Lipinski definition) is 0. The summed E-state index contributed by atoms with van der Waals surface area (Å²) in [6.45, 7) is 2.69. The van der Waals surface area contributed by atoms with Crippen molar-refractivity contribution >= 4 is 10.9 Å².